The summed E-state index contributed by atoms with van der Waals surface area (Å²) in [5.41, 5.74) is 2.39. The van der Waals surface area contributed by atoms with Gasteiger partial charge in [0.25, 0.3) is 0 Å². The van der Waals surface area contributed by atoms with Crippen molar-refractivity contribution in [2.24, 2.45) is 0 Å². The smallest absolute Gasteiger partial charge is 0.230 e. The first-order chi connectivity index (χ1) is 12.6. The number of aromatic nitrogens is 2. The van der Waals surface area contributed by atoms with Crippen LogP contribution in [0.1, 0.15) is 35.4 Å². The number of carbonyl (C=O) groups is 1. The molecule has 0 aliphatic heterocycles. The fourth-order valence-electron chi connectivity index (χ4n) is 3.29. The molecule has 1 aliphatic carbocycles. The van der Waals surface area contributed by atoms with Gasteiger partial charge in [-0.3, -0.25) is 4.79 Å². The number of amides is 1. The van der Waals surface area contributed by atoms with E-state index in [2.05, 4.69) is 15.3 Å². The highest BCUT2D eigenvalue weighted by molar-refractivity contribution is 8.00. The zero-order valence-electron chi connectivity index (χ0n) is 14.3. The van der Waals surface area contributed by atoms with Gasteiger partial charge in [-0.15, -0.1) is 11.3 Å². The predicted molar refractivity (Wildman–Crippen MR) is 108 cm³/mol. The zero-order chi connectivity index (χ0) is 18.1. The quantitative estimate of drug-likeness (QED) is 0.491. The average molecular weight is 404 g/mol. The highest BCUT2D eigenvalue weighted by atomic mass is 35.5. The summed E-state index contributed by atoms with van der Waals surface area (Å²) in [4.78, 5) is 23.7. The van der Waals surface area contributed by atoms with Crippen molar-refractivity contribution in [2.45, 2.75) is 37.3 Å². The molecule has 3 aromatic rings. The van der Waals surface area contributed by atoms with Gasteiger partial charge >= 0.3 is 0 Å². The molecule has 0 unspecified atom stereocenters. The Morgan fingerprint density at radius 3 is 3.12 bits per heavy atom. The van der Waals surface area contributed by atoms with Gasteiger partial charge in [0, 0.05) is 15.3 Å². The molecule has 1 aliphatic rings. The maximum absolute atomic E-state index is 12.4. The molecule has 2 heterocycles. The third-order valence-corrected chi connectivity index (χ3v) is 6.96. The van der Waals surface area contributed by atoms with E-state index in [1.165, 1.54) is 28.6 Å². The molecule has 26 heavy (non-hydrogen) atoms. The molecule has 1 aromatic carbocycles. The van der Waals surface area contributed by atoms with Crippen LogP contribution in [-0.2, 0) is 17.6 Å². The van der Waals surface area contributed by atoms with Crippen molar-refractivity contribution in [3.63, 3.8) is 0 Å². The molecule has 2 aromatic heterocycles. The number of halogens is 1. The Morgan fingerprint density at radius 2 is 2.27 bits per heavy atom. The number of thiophene rings is 1. The maximum atomic E-state index is 12.4. The number of hydrogen-bond acceptors (Lipinski definition) is 5. The minimum absolute atomic E-state index is 0.0129. The van der Waals surface area contributed by atoms with Crippen LogP contribution in [0.15, 0.2) is 35.6 Å². The van der Waals surface area contributed by atoms with Crippen LogP contribution in [0.5, 0.6) is 0 Å². The van der Waals surface area contributed by atoms with E-state index >= 15 is 0 Å². The van der Waals surface area contributed by atoms with Gasteiger partial charge in [0.05, 0.1) is 11.8 Å². The van der Waals surface area contributed by atoms with Crippen LogP contribution in [0.4, 0.5) is 0 Å². The molecule has 134 valence electrons. The van der Waals surface area contributed by atoms with Gasteiger partial charge in [0.2, 0.25) is 5.91 Å². The summed E-state index contributed by atoms with van der Waals surface area (Å²) in [6, 6.07) is 7.48. The van der Waals surface area contributed by atoms with Crippen LogP contribution in [-0.4, -0.2) is 21.6 Å². The monoisotopic (exact) mass is 403 g/mol. The molecule has 0 saturated heterocycles. The Morgan fingerprint density at radius 1 is 1.38 bits per heavy atom. The average Bonchev–Trinajstić information content (AvgIpc) is 3.20. The molecular formula is C19H18ClN3OS2. The van der Waals surface area contributed by atoms with Crippen molar-refractivity contribution < 1.29 is 4.79 Å². The van der Waals surface area contributed by atoms with Gasteiger partial charge in [-0.25, -0.2) is 9.97 Å². The van der Waals surface area contributed by atoms with Crippen LogP contribution in [0, 0.1) is 0 Å². The SMILES string of the molecule is C[C@H](NC(=O)CSc1ncnc2sc3c(c12)CCC3)c1cccc(Cl)c1. The second-order valence-electron chi connectivity index (χ2n) is 6.35. The van der Waals surface area contributed by atoms with Gasteiger partial charge in [0.1, 0.15) is 16.2 Å². The van der Waals surface area contributed by atoms with E-state index < -0.39 is 0 Å². The first-order valence-electron chi connectivity index (χ1n) is 8.54. The number of rotatable bonds is 5. The third kappa shape index (κ3) is 3.59. The van der Waals surface area contributed by atoms with Gasteiger partial charge in [0.15, 0.2) is 0 Å². The Bertz CT molecular complexity index is 973. The number of hydrogen-bond donors (Lipinski definition) is 1. The number of nitrogens with one attached hydrogen (secondary N) is 1. The van der Waals surface area contributed by atoms with Crippen molar-refractivity contribution in [1.82, 2.24) is 15.3 Å². The third-order valence-electron chi connectivity index (χ3n) is 4.53. The number of thioether (sulfide) groups is 1. The van der Waals surface area contributed by atoms with Crippen LogP contribution in [0.3, 0.4) is 0 Å². The van der Waals surface area contributed by atoms with E-state index in [0.29, 0.717) is 10.8 Å². The summed E-state index contributed by atoms with van der Waals surface area (Å²) in [6.07, 6.45) is 5.03. The molecule has 7 heteroatoms. The van der Waals surface area contributed by atoms with Gasteiger partial charge < -0.3 is 5.32 Å². The molecule has 0 saturated carbocycles. The predicted octanol–water partition coefficient (Wildman–Crippen LogP) is 4.80. The fourth-order valence-corrected chi connectivity index (χ4v) is 5.61. The van der Waals surface area contributed by atoms with E-state index in [1.54, 1.807) is 17.7 Å². The maximum Gasteiger partial charge on any atom is 0.230 e. The Kier molecular flexibility index (Phi) is 5.16. The second kappa shape index (κ2) is 7.55. The van der Waals surface area contributed by atoms with Crippen LogP contribution in [0.2, 0.25) is 5.02 Å². The summed E-state index contributed by atoms with van der Waals surface area (Å²) in [5.74, 6) is 0.322. The first-order valence-corrected chi connectivity index (χ1v) is 10.7. The molecule has 1 amide bonds. The molecule has 0 fully saturated rings. The molecule has 0 bridgehead atoms. The first kappa shape index (κ1) is 17.8. The van der Waals surface area contributed by atoms with Crippen molar-refractivity contribution in [1.29, 1.82) is 0 Å². The van der Waals surface area contributed by atoms with Crippen molar-refractivity contribution in [3.05, 3.63) is 51.6 Å². The Hall–Kier alpha value is -1.63. The highest BCUT2D eigenvalue weighted by Crippen LogP contribution is 2.39. The largest absolute Gasteiger partial charge is 0.349 e. The number of carbonyl (C=O) groups excluding carboxylic acids is 1. The number of benzene rings is 1. The topological polar surface area (TPSA) is 54.9 Å². The van der Waals surface area contributed by atoms with Crippen LogP contribution in [0.25, 0.3) is 10.2 Å². The lowest BCUT2D eigenvalue weighted by Crippen LogP contribution is -2.28. The van der Waals surface area contributed by atoms with E-state index in [-0.39, 0.29) is 11.9 Å². The summed E-state index contributed by atoms with van der Waals surface area (Å²) in [5, 5.41) is 5.78. The summed E-state index contributed by atoms with van der Waals surface area (Å²) in [6.45, 7) is 1.96. The number of fused-ring (bicyclic) bond motifs is 3. The lowest BCUT2D eigenvalue weighted by atomic mass is 10.1. The zero-order valence-corrected chi connectivity index (χ0v) is 16.7. The van der Waals surface area contributed by atoms with E-state index in [4.69, 9.17) is 11.6 Å². The molecule has 1 N–H and O–H groups in total. The molecule has 0 spiro atoms. The van der Waals surface area contributed by atoms with Crippen LogP contribution >= 0.6 is 34.7 Å². The van der Waals surface area contributed by atoms with Crippen LogP contribution < -0.4 is 5.32 Å². The standard InChI is InChI=1S/C19H18ClN3OS2/c1-11(12-4-2-5-13(20)8-12)23-16(24)9-25-18-17-14-6-3-7-15(14)26-19(17)22-10-21-18/h2,4-5,8,10-11H,3,6-7,9H2,1H3,(H,23,24)/t11-/m0/s1. The summed E-state index contributed by atoms with van der Waals surface area (Å²) in [7, 11) is 0. The van der Waals surface area contributed by atoms with E-state index in [9.17, 15) is 4.79 Å². The summed E-state index contributed by atoms with van der Waals surface area (Å²) < 4.78 is 0. The van der Waals surface area contributed by atoms with Crippen molar-refractivity contribution in [2.75, 3.05) is 5.75 Å². The molecule has 4 nitrogen and oxygen atoms in total. The van der Waals surface area contributed by atoms with E-state index in [0.717, 1.165) is 33.6 Å². The molecule has 4 rings (SSSR count). The lowest BCUT2D eigenvalue weighted by molar-refractivity contribution is -0.119. The number of aryl methyl sites for hydroxylation is 2. The molecule has 1 atom stereocenters. The molecule has 0 radical (unpaired) electrons. The minimum Gasteiger partial charge on any atom is -0.349 e. The Labute approximate surface area is 165 Å². The second-order valence-corrected chi connectivity index (χ2v) is 8.83. The van der Waals surface area contributed by atoms with Gasteiger partial charge in [-0.1, -0.05) is 35.5 Å². The normalized spacial score (nSPS) is 14.4. The minimum atomic E-state index is -0.0855. The van der Waals surface area contributed by atoms with E-state index in [1.807, 2.05) is 31.2 Å². The van der Waals surface area contributed by atoms with Crippen molar-refractivity contribution in [3.8, 4) is 0 Å². The van der Waals surface area contributed by atoms with Gasteiger partial charge in [-0.05, 0) is 49.4 Å². The molecular weight excluding hydrogens is 386 g/mol. The van der Waals surface area contributed by atoms with Crippen molar-refractivity contribution >= 4 is 50.8 Å². The fraction of sp³-hybridized carbons (Fsp3) is 0.316. The summed E-state index contributed by atoms with van der Waals surface area (Å²) >= 11 is 9.28. The lowest BCUT2D eigenvalue weighted by Gasteiger charge is -2.14. The Balaban J connectivity index is 1.44. The highest BCUT2D eigenvalue weighted by Gasteiger charge is 2.21. The number of nitrogens with zero attached hydrogens (tertiary/aromatic N) is 2. The van der Waals surface area contributed by atoms with Gasteiger partial charge in [-0.2, -0.15) is 0 Å².